The molecule has 0 atom stereocenters. The van der Waals surface area contributed by atoms with Gasteiger partial charge in [-0.05, 0) is 31.9 Å². The molecule has 3 rings (SSSR count). The molecule has 0 aliphatic carbocycles. The fourth-order valence-electron chi connectivity index (χ4n) is 3.16. The Morgan fingerprint density at radius 2 is 2.11 bits per heavy atom. The first-order chi connectivity index (χ1) is 13.6. The van der Waals surface area contributed by atoms with E-state index in [1.165, 1.54) is 0 Å². The summed E-state index contributed by atoms with van der Waals surface area (Å²) in [7, 11) is 0. The summed E-state index contributed by atoms with van der Waals surface area (Å²) in [6.45, 7) is 5.90. The van der Waals surface area contributed by atoms with Crippen LogP contribution in [0.1, 0.15) is 37.5 Å². The number of nitrogens with one attached hydrogen (secondary N) is 1. The molecule has 0 spiro atoms. The molecule has 1 aliphatic heterocycles. The van der Waals surface area contributed by atoms with Gasteiger partial charge in [-0.3, -0.25) is 14.6 Å². The molecular weight excluding hydrogens is 356 g/mol. The Hall–Kier alpha value is -3.03. The molecule has 2 aromatic rings. The van der Waals surface area contributed by atoms with Crippen molar-refractivity contribution in [2.24, 2.45) is 0 Å². The number of rotatable bonds is 6. The summed E-state index contributed by atoms with van der Waals surface area (Å²) in [4.78, 5) is 30.4. The first-order valence-corrected chi connectivity index (χ1v) is 9.57. The molecular formula is C20H26N6O2. The highest BCUT2D eigenvalue weighted by atomic mass is 16.2. The lowest BCUT2D eigenvalue weighted by molar-refractivity contribution is -0.127. The first-order valence-electron chi connectivity index (χ1n) is 9.57. The van der Waals surface area contributed by atoms with E-state index in [9.17, 15) is 9.59 Å². The molecule has 0 saturated carbocycles. The number of hydrogen-bond donors (Lipinski definition) is 1. The van der Waals surface area contributed by atoms with Crippen molar-refractivity contribution in [1.82, 2.24) is 30.0 Å². The smallest absolute Gasteiger partial charge is 0.249 e. The summed E-state index contributed by atoms with van der Waals surface area (Å²) in [6, 6.07) is 3.83. The fraction of sp³-hybridized carbons (Fsp3) is 0.450. The Morgan fingerprint density at radius 3 is 2.86 bits per heavy atom. The summed E-state index contributed by atoms with van der Waals surface area (Å²) in [6.07, 6.45) is 7.03. The molecule has 8 heteroatoms. The molecule has 2 aromatic heterocycles. The maximum absolute atomic E-state index is 12.4. The Kier molecular flexibility index (Phi) is 6.52. The molecule has 1 N–H and O–H groups in total. The fourth-order valence-corrected chi connectivity index (χ4v) is 3.16. The zero-order valence-corrected chi connectivity index (χ0v) is 16.4. The number of pyridine rings is 1. The van der Waals surface area contributed by atoms with Crippen molar-refractivity contribution in [2.45, 2.75) is 46.2 Å². The SMILES string of the molecule is CC=C(C)C(=O)N1CCc2nnc(CNC(=O)CCc3cccnc3)n2CC1. The van der Waals surface area contributed by atoms with E-state index in [0.29, 0.717) is 45.4 Å². The Morgan fingerprint density at radius 1 is 1.25 bits per heavy atom. The van der Waals surface area contributed by atoms with E-state index in [4.69, 9.17) is 0 Å². The van der Waals surface area contributed by atoms with Crippen molar-refractivity contribution >= 4 is 11.8 Å². The monoisotopic (exact) mass is 382 g/mol. The van der Waals surface area contributed by atoms with Crippen molar-refractivity contribution in [3.05, 3.63) is 53.4 Å². The lowest BCUT2D eigenvalue weighted by atomic mass is 10.1. The second kappa shape index (κ2) is 9.25. The standard InChI is InChI=1S/C20H26N6O2/c1-3-15(2)20(28)25-10-8-17-23-24-18(26(17)12-11-25)14-22-19(27)7-6-16-5-4-9-21-13-16/h3-5,9,13H,6-8,10-12,14H2,1-2H3,(H,22,27). The van der Waals surface area contributed by atoms with Crippen LogP contribution in [-0.2, 0) is 35.5 Å². The molecule has 3 heterocycles. The van der Waals surface area contributed by atoms with Crippen molar-refractivity contribution in [3.63, 3.8) is 0 Å². The van der Waals surface area contributed by atoms with Crippen LogP contribution in [0.5, 0.6) is 0 Å². The topological polar surface area (TPSA) is 93.0 Å². The molecule has 8 nitrogen and oxygen atoms in total. The summed E-state index contributed by atoms with van der Waals surface area (Å²) in [5.74, 6) is 1.61. The van der Waals surface area contributed by atoms with Crippen LogP contribution in [0, 0.1) is 0 Å². The van der Waals surface area contributed by atoms with Crippen LogP contribution in [0.3, 0.4) is 0 Å². The maximum Gasteiger partial charge on any atom is 0.249 e. The second-order valence-corrected chi connectivity index (χ2v) is 6.84. The van der Waals surface area contributed by atoms with Crippen LogP contribution in [0.25, 0.3) is 0 Å². The minimum Gasteiger partial charge on any atom is -0.349 e. The zero-order valence-electron chi connectivity index (χ0n) is 16.4. The van der Waals surface area contributed by atoms with Gasteiger partial charge >= 0.3 is 0 Å². The molecule has 0 aromatic carbocycles. The minimum absolute atomic E-state index is 0.0321. The van der Waals surface area contributed by atoms with Crippen LogP contribution in [0.2, 0.25) is 0 Å². The molecule has 0 bridgehead atoms. The largest absolute Gasteiger partial charge is 0.349 e. The van der Waals surface area contributed by atoms with Gasteiger partial charge in [-0.15, -0.1) is 10.2 Å². The van der Waals surface area contributed by atoms with E-state index in [1.54, 1.807) is 12.4 Å². The van der Waals surface area contributed by atoms with E-state index in [1.807, 2.05) is 41.5 Å². The predicted molar refractivity (Wildman–Crippen MR) is 104 cm³/mol. The van der Waals surface area contributed by atoms with Crippen molar-refractivity contribution < 1.29 is 9.59 Å². The van der Waals surface area contributed by atoms with Crippen molar-refractivity contribution in [2.75, 3.05) is 13.1 Å². The van der Waals surface area contributed by atoms with Crippen LogP contribution in [0.15, 0.2) is 36.2 Å². The number of allylic oxidation sites excluding steroid dienone is 1. The second-order valence-electron chi connectivity index (χ2n) is 6.84. The highest BCUT2D eigenvalue weighted by Crippen LogP contribution is 2.12. The summed E-state index contributed by atoms with van der Waals surface area (Å²) in [5, 5.41) is 11.4. The van der Waals surface area contributed by atoms with Crippen LogP contribution >= 0.6 is 0 Å². The minimum atomic E-state index is -0.0321. The maximum atomic E-state index is 12.4. The van der Waals surface area contributed by atoms with Gasteiger partial charge in [0.05, 0.1) is 6.54 Å². The quantitative estimate of drug-likeness (QED) is 0.760. The van der Waals surface area contributed by atoms with Crippen molar-refractivity contribution in [3.8, 4) is 0 Å². The summed E-state index contributed by atoms with van der Waals surface area (Å²) < 4.78 is 2.01. The highest BCUT2D eigenvalue weighted by Gasteiger charge is 2.22. The Labute approximate surface area is 164 Å². The number of aromatic nitrogens is 4. The molecule has 0 fully saturated rings. The number of carbonyl (C=O) groups is 2. The number of fused-ring (bicyclic) bond motifs is 1. The van der Waals surface area contributed by atoms with Gasteiger partial charge in [-0.2, -0.15) is 0 Å². The van der Waals surface area contributed by atoms with Gasteiger partial charge in [0.15, 0.2) is 5.82 Å². The molecule has 148 valence electrons. The van der Waals surface area contributed by atoms with Gasteiger partial charge in [-0.25, -0.2) is 0 Å². The van der Waals surface area contributed by atoms with E-state index in [2.05, 4.69) is 20.5 Å². The van der Waals surface area contributed by atoms with Gasteiger partial charge in [-0.1, -0.05) is 12.1 Å². The van der Waals surface area contributed by atoms with Gasteiger partial charge in [0.2, 0.25) is 11.8 Å². The molecule has 1 aliphatic rings. The third-order valence-electron chi connectivity index (χ3n) is 4.97. The lowest BCUT2D eigenvalue weighted by Crippen LogP contribution is -2.34. The Bertz CT molecular complexity index is 859. The van der Waals surface area contributed by atoms with Crippen molar-refractivity contribution in [1.29, 1.82) is 0 Å². The molecule has 2 amide bonds. The number of aryl methyl sites for hydroxylation is 1. The van der Waals surface area contributed by atoms with E-state index in [0.717, 1.165) is 22.8 Å². The normalized spacial score (nSPS) is 14.4. The van der Waals surface area contributed by atoms with E-state index >= 15 is 0 Å². The number of carbonyl (C=O) groups excluding carboxylic acids is 2. The number of amides is 2. The van der Waals surface area contributed by atoms with Crippen LogP contribution < -0.4 is 5.32 Å². The number of nitrogens with zero attached hydrogens (tertiary/aromatic N) is 5. The molecule has 0 unspecified atom stereocenters. The Balaban J connectivity index is 1.53. The zero-order chi connectivity index (χ0) is 19.9. The van der Waals surface area contributed by atoms with E-state index < -0.39 is 0 Å². The van der Waals surface area contributed by atoms with Gasteiger partial charge in [0, 0.05) is 50.4 Å². The average molecular weight is 382 g/mol. The third-order valence-corrected chi connectivity index (χ3v) is 4.97. The molecule has 0 radical (unpaired) electrons. The number of hydrogen-bond acceptors (Lipinski definition) is 5. The predicted octanol–water partition coefficient (Wildman–Crippen LogP) is 1.27. The van der Waals surface area contributed by atoms with Gasteiger partial charge in [0.25, 0.3) is 0 Å². The lowest BCUT2D eigenvalue weighted by Gasteiger charge is -2.20. The van der Waals surface area contributed by atoms with E-state index in [-0.39, 0.29) is 11.8 Å². The highest BCUT2D eigenvalue weighted by molar-refractivity contribution is 5.92. The average Bonchev–Trinajstić information content (AvgIpc) is 2.99. The van der Waals surface area contributed by atoms with Gasteiger partial charge < -0.3 is 14.8 Å². The summed E-state index contributed by atoms with van der Waals surface area (Å²) in [5.41, 5.74) is 1.79. The van der Waals surface area contributed by atoms with Crippen LogP contribution in [-0.4, -0.2) is 49.6 Å². The first kappa shape index (κ1) is 19.7. The third kappa shape index (κ3) is 4.82. The van der Waals surface area contributed by atoms with Gasteiger partial charge in [0.1, 0.15) is 5.82 Å². The summed E-state index contributed by atoms with van der Waals surface area (Å²) >= 11 is 0. The van der Waals surface area contributed by atoms with Crippen LogP contribution in [0.4, 0.5) is 0 Å². The molecule has 0 saturated heterocycles. The molecule has 28 heavy (non-hydrogen) atoms.